The third-order valence-corrected chi connectivity index (χ3v) is 11.9. The van der Waals surface area contributed by atoms with E-state index in [4.69, 9.17) is 0 Å². The lowest BCUT2D eigenvalue weighted by molar-refractivity contribution is -0.136. The van der Waals surface area contributed by atoms with Crippen molar-refractivity contribution in [2.75, 3.05) is 45.2 Å². The Hall–Kier alpha value is -3.80. The summed E-state index contributed by atoms with van der Waals surface area (Å²) < 4.78 is 2.21. The van der Waals surface area contributed by atoms with Crippen LogP contribution in [0, 0.1) is 0 Å². The lowest BCUT2D eigenvalue weighted by Gasteiger charge is -2.41. The number of hydrogen-bond donors (Lipinski definition) is 1. The number of fused-ring (bicyclic) bond motifs is 1. The first-order valence-corrected chi connectivity index (χ1v) is 18.2. The van der Waals surface area contributed by atoms with E-state index in [-0.39, 0.29) is 29.7 Å². The Kier molecular flexibility index (Phi) is 9.51. The molecule has 258 valence electrons. The summed E-state index contributed by atoms with van der Waals surface area (Å²) in [6.45, 7) is 5.35. The highest BCUT2D eigenvalue weighted by molar-refractivity contribution is 9.10. The van der Waals surface area contributed by atoms with Crippen LogP contribution in [0.15, 0.2) is 64.0 Å². The number of piperidine rings is 3. The lowest BCUT2D eigenvalue weighted by atomic mass is 9.86. The molecule has 49 heavy (non-hydrogen) atoms. The number of likely N-dealkylation sites (N-methyl/N-ethyl adjacent to an activating group) is 2. The first kappa shape index (κ1) is 33.7. The molecule has 4 aliphatic heterocycles. The standard InChI is InChI=1S/C38H45BrN6O4/c1-41-21-28(19-30(23-41)43(3)32-14-15-42(2)38(49)35(32)39)25-6-4-24(5-7-25)20-44-16-12-26(13-17-44)27-8-9-31-29(18-27)22-45(37(31)48)33-10-11-34(46)40-36(33)47/h4-9,14-15,18,26,28,30,33H,10-13,16-17,19-23H2,1-3H3,(H,40,46,47). The third-order valence-electron chi connectivity index (χ3n) is 11.2. The van der Waals surface area contributed by atoms with Gasteiger partial charge < -0.3 is 19.3 Å². The highest BCUT2D eigenvalue weighted by atomic mass is 79.9. The predicted molar refractivity (Wildman–Crippen MR) is 193 cm³/mol. The van der Waals surface area contributed by atoms with Crippen molar-refractivity contribution >= 4 is 39.3 Å². The number of aryl methyl sites for hydroxylation is 1. The fourth-order valence-corrected chi connectivity index (χ4v) is 8.98. The van der Waals surface area contributed by atoms with Crippen LogP contribution in [0.25, 0.3) is 0 Å². The van der Waals surface area contributed by atoms with Crippen molar-refractivity contribution in [1.82, 2.24) is 24.6 Å². The smallest absolute Gasteiger partial charge is 0.266 e. The van der Waals surface area contributed by atoms with Crippen LogP contribution in [0.1, 0.15) is 76.6 Å². The second kappa shape index (κ2) is 13.8. The van der Waals surface area contributed by atoms with Crippen molar-refractivity contribution in [3.05, 3.63) is 97.4 Å². The largest absolute Gasteiger partial charge is 0.369 e. The summed E-state index contributed by atoms with van der Waals surface area (Å²) in [5.41, 5.74) is 6.53. The van der Waals surface area contributed by atoms with Gasteiger partial charge in [0.1, 0.15) is 10.5 Å². The zero-order chi connectivity index (χ0) is 34.4. The molecule has 3 amide bonds. The maximum atomic E-state index is 13.1. The highest BCUT2D eigenvalue weighted by Crippen LogP contribution is 2.35. The number of halogens is 1. The number of imide groups is 1. The third kappa shape index (κ3) is 6.85. The Morgan fingerprint density at radius 3 is 2.37 bits per heavy atom. The molecule has 3 unspecified atom stereocenters. The van der Waals surface area contributed by atoms with E-state index in [2.05, 4.69) is 86.4 Å². The number of carbonyl (C=O) groups excluding carboxylic acids is 3. The van der Waals surface area contributed by atoms with Crippen molar-refractivity contribution in [3.8, 4) is 0 Å². The van der Waals surface area contributed by atoms with E-state index >= 15 is 0 Å². The van der Waals surface area contributed by atoms with Crippen molar-refractivity contribution in [2.24, 2.45) is 7.05 Å². The van der Waals surface area contributed by atoms with Gasteiger partial charge in [0, 0.05) is 64.5 Å². The number of nitrogens with zero attached hydrogens (tertiary/aromatic N) is 5. The zero-order valence-corrected chi connectivity index (χ0v) is 30.1. The average Bonchev–Trinajstić information content (AvgIpc) is 3.42. The summed E-state index contributed by atoms with van der Waals surface area (Å²) >= 11 is 3.54. The Labute approximate surface area is 296 Å². The van der Waals surface area contributed by atoms with E-state index in [1.807, 2.05) is 18.3 Å². The molecule has 1 aromatic heterocycles. The van der Waals surface area contributed by atoms with Crippen molar-refractivity contribution < 1.29 is 14.4 Å². The molecule has 3 aromatic rings. The number of carbonyl (C=O) groups is 3. The minimum absolute atomic E-state index is 0.0223. The highest BCUT2D eigenvalue weighted by Gasteiger charge is 2.39. The van der Waals surface area contributed by atoms with Gasteiger partial charge in [-0.25, -0.2) is 0 Å². The maximum absolute atomic E-state index is 13.1. The van der Waals surface area contributed by atoms with Gasteiger partial charge in [-0.2, -0.15) is 0 Å². The summed E-state index contributed by atoms with van der Waals surface area (Å²) in [7, 11) is 6.05. The first-order valence-electron chi connectivity index (χ1n) is 17.4. The van der Waals surface area contributed by atoms with E-state index in [9.17, 15) is 19.2 Å². The van der Waals surface area contributed by atoms with Gasteiger partial charge in [-0.15, -0.1) is 0 Å². The van der Waals surface area contributed by atoms with Gasteiger partial charge in [0.2, 0.25) is 11.8 Å². The SMILES string of the molecule is CN1CC(c2ccc(CN3CCC(c4ccc5c(c4)CN(C4CCC(=O)NC4=O)C5=O)CC3)cc2)CC(N(C)c2ccn(C)c(=O)c2Br)C1. The number of anilines is 1. The van der Waals surface area contributed by atoms with Gasteiger partial charge in [0.05, 0.1) is 5.69 Å². The molecule has 2 aromatic carbocycles. The van der Waals surface area contributed by atoms with E-state index < -0.39 is 6.04 Å². The van der Waals surface area contributed by atoms with Crippen LogP contribution in [0.2, 0.25) is 0 Å². The Morgan fingerprint density at radius 2 is 1.63 bits per heavy atom. The molecule has 10 nitrogen and oxygen atoms in total. The minimum Gasteiger partial charge on any atom is -0.369 e. The molecule has 1 N–H and O–H groups in total. The fraction of sp³-hybridized carbons (Fsp3) is 0.474. The average molecular weight is 730 g/mol. The van der Waals surface area contributed by atoms with Crippen LogP contribution in [-0.4, -0.2) is 89.3 Å². The number of benzene rings is 2. The summed E-state index contributed by atoms with van der Waals surface area (Å²) in [6.07, 6.45) is 5.63. The van der Waals surface area contributed by atoms with Gasteiger partial charge in [0.15, 0.2) is 0 Å². The lowest BCUT2D eigenvalue weighted by Crippen LogP contribution is -2.52. The molecule has 7 rings (SSSR count). The molecule has 4 aliphatic rings. The van der Waals surface area contributed by atoms with E-state index in [0.717, 1.165) is 63.2 Å². The van der Waals surface area contributed by atoms with Crippen LogP contribution in [-0.2, 0) is 29.7 Å². The van der Waals surface area contributed by atoms with Gasteiger partial charge >= 0.3 is 0 Å². The second-order valence-corrected chi connectivity index (χ2v) is 15.3. The number of amides is 3. The van der Waals surface area contributed by atoms with Crippen molar-refractivity contribution in [1.29, 1.82) is 0 Å². The van der Waals surface area contributed by atoms with Crippen molar-refractivity contribution in [2.45, 2.75) is 69.1 Å². The van der Waals surface area contributed by atoms with Crippen LogP contribution in [0.5, 0.6) is 0 Å². The second-order valence-electron chi connectivity index (χ2n) is 14.5. The topological polar surface area (TPSA) is 98.2 Å². The molecule has 0 bridgehead atoms. The van der Waals surface area contributed by atoms with Crippen molar-refractivity contribution in [3.63, 3.8) is 0 Å². The Morgan fingerprint density at radius 1 is 0.898 bits per heavy atom. The summed E-state index contributed by atoms with van der Waals surface area (Å²) in [4.78, 5) is 58.5. The maximum Gasteiger partial charge on any atom is 0.266 e. The number of pyridine rings is 1. The Balaban J connectivity index is 0.932. The number of nitrogens with one attached hydrogen (secondary N) is 1. The van der Waals surface area contributed by atoms with E-state index in [1.54, 1.807) is 16.5 Å². The minimum atomic E-state index is -0.582. The molecule has 0 spiro atoms. The first-order chi connectivity index (χ1) is 23.5. The molecular formula is C38H45BrN6O4. The van der Waals surface area contributed by atoms with Gasteiger partial charge in [-0.1, -0.05) is 36.4 Å². The summed E-state index contributed by atoms with van der Waals surface area (Å²) in [5.74, 6) is 0.103. The van der Waals surface area contributed by atoms with E-state index in [1.165, 1.54) is 16.7 Å². The monoisotopic (exact) mass is 728 g/mol. The number of aromatic nitrogens is 1. The Bertz CT molecular complexity index is 1820. The molecule has 3 saturated heterocycles. The molecule has 3 fully saturated rings. The molecular weight excluding hydrogens is 684 g/mol. The van der Waals surface area contributed by atoms with Crippen LogP contribution >= 0.6 is 15.9 Å². The quantitative estimate of drug-likeness (QED) is 0.364. The molecule has 3 atom stereocenters. The predicted octanol–water partition coefficient (Wildman–Crippen LogP) is 4.21. The van der Waals surface area contributed by atoms with Gasteiger partial charge in [0.25, 0.3) is 11.5 Å². The number of rotatable bonds is 7. The molecule has 11 heteroatoms. The zero-order valence-electron chi connectivity index (χ0n) is 28.5. The van der Waals surface area contributed by atoms with Crippen LogP contribution < -0.4 is 15.8 Å². The van der Waals surface area contributed by atoms with Crippen LogP contribution in [0.4, 0.5) is 5.69 Å². The molecule has 0 saturated carbocycles. The number of hydrogen-bond acceptors (Lipinski definition) is 7. The van der Waals surface area contributed by atoms with Gasteiger partial charge in [-0.3, -0.25) is 29.4 Å². The molecule has 5 heterocycles. The number of likely N-dealkylation sites (tertiary alicyclic amines) is 2. The fourth-order valence-electron chi connectivity index (χ4n) is 8.29. The van der Waals surface area contributed by atoms with E-state index in [0.29, 0.717) is 40.9 Å². The summed E-state index contributed by atoms with van der Waals surface area (Å²) in [5, 5.41) is 2.38. The van der Waals surface area contributed by atoms with Crippen LogP contribution in [0.3, 0.4) is 0 Å². The summed E-state index contributed by atoms with van der Waals surface area (Å²) in [6, 6.07) is 17.1. The van der Waals surface area contributed by atoms with Gasteiger partial charge in [-0.05, 0) is 108 Å². The molecule has 0 radical (unpaired) electrons. The molecule has 0 aliphatic carbocycles. The normalized spacial score (nSPS) is 23.9.